The fourth-order valence-electron chi connectivity index (χ4n) is 4.23. The van der Waals surface area contributed by atoms with E-state index in [1.165, 1.54) is 29.0 Å². The SMILES string of the molecule is CC(C)n1cc(Nc2nc(N3CCCC(N)C3)ncc2C(N)=O)cc(-c2ccc(C(F)(F)F)cc2)c1=O. The van der Waals surface area contributed by atoms with Gasteiger partial charge in [-0.2, -0.15) is 18.2 Å². The summed E-state index contributed by atoms with van der Waals surface area (Å²) in [5.74, 6) is -0.226. The summed E-state index contributed by atoms with van der Waals surface area (Å²) in [6.45, 7) is 4.88. The topological polar surface area (TPSA) is 132 Å². The molecule has 0 bridgehead atoms. The molecular formula is C25H28F3N7O2. The molecule has 1 aliphatic heterocycles. The lowest BCUT2D eigenvalue weighted by Crippen LogP contribution is -2.43. The molecule has 0 spiro atoms. The van der Waals surface area contributed by atoms with Crippen LogP contribution in [-0.4, -0.2) is 39.6 Å². The highest BCUT2D eigenvalue weighted by Crippen LogP contribution is 2.31. The van der Waals surface area contributed by atoms with E-state index in [9.17, 15) is 22.8 Å². The summed E-state index contributed by atoms with van der Waals surface area (Å²) in [6.07, 6.45) is 0.172. The molecule has 9 nitrogen and oxygen atoms in total. The van der Waals surface area contributed by atoms with Crippen LogP contribution in [0.2, 0.25) is 0 Å². The number of nitrogens with two attached hydrogens (primary N) is 2. The van der Waals surface area contributed by atoms with Crippen molar-refractivity contribution in [1.82, 2.24) is 14.5 Å². The monoisotopic (exact) mass is 515 g/mol. The van der Waals surface area contributed by atoms with Gasteiger partial charge in [0.05, 0.1) is 11.3 Å². The third-order valence-corrected chi connectivity index (χ3v) is 6.17. The first-order valence-corrected chi connectivity index (χ1v) is 11.8. The van der Waals surface area contributed by atoms with Gasteiger partial charge in [0.25, 0.3) is 11.5 Å². The molecule has 12 heteroatoms. The van der Waals surface area contributed by atoms with Crippen LogP contribution < -0.4 is 27.2 Å². The summed E-state index contributed by atoms with van der Waals surface area (Å²) in [7, 11) is 0. The van der Waals surface area contributed by atoms with Crippen molar-refractivity contribution < 1.29 is 18.0 Å². The number of primary amides is 1. The van der Waals surface area contributed by atoms with Crippen molar-refractivity contribution in [2.24, 2.45) is 11.5 Å². The van der Waals surface area contributed by atoms with E-state index in [-0.39, 0.29) is 34.6 Å². The van der Waals surface area contributed by atoms with E-state index in [1.54, 1.807) is 20.0 Å². The highest BCUT2D eigenvalue weighted by atomic mass is 19.4. The number of aromatic nitrogens is 3. The highest BCUT2D eigenvalue weighted by Gasteiger charge is 2.30. The number of benzene rings is 1. The Labute approximate surface area is 211 Å². The standard InChI is InChI=1S/C25H28F3N7O2/c1-14(2)35-13-18(10-19(23(35)37)15-5-7-16(8-6-15)25(26,27)28)32-22-20(21(30)36)11-31-24(33-22)34-9-3-4-17(29)12-34/h5-8,10-11,13-14,17H,3-4,9,12,29H2,1-2H3,(H2,30,36)(H,31,32,33). The van der Waals surface area contributed by atoms with Crippen LogP contribution in [0.1, 0.15) is 48.7 Å². The summed E-state index contributed by atoms with van der Waals surface area (Å²) in [6, 6.07) is 5.60. The van der Waals surface area contributed by atoms with Crippen LogP contribution in [0.3, 0.4) is 0 Å². The number of hydrogen-bond donors (Lipinski definition) is 3. The van der Waals surface area contributed by atoms with Crippen molar-refractivity contribution in [3.05, 3.63) is 64.2 Å². The van der Waals surface area contributed by atoms with Gasteiger partial charge in [0.1, 0.15) is 11.4 Å². The smallest absolute Gasteiger partial charge is 0.365 e. The molecule has 196 valence electrons. The first kappa shape index (κ1) is 26.1. The lowest BCUT2D eigenvalue weighted by Gasteiger charge is -2.31. The normalized spacial score (nSPS) is 16.2. The molecule has 37 heavy (non-hydrogen) atoms. The molecule has 1 atom stereocenters. The molecule has 2 aromatic heterocycles. The van der Waals surface area contributed by atoms with Crippen molar-refractivity contribution in [1.29, 1.82) is 0 Å². The zero-order valence-electron chi connectivity index (χ0n) is 20.4. The third-order valence-electron chi connectivity index (χ3n) is 6.17. The van der Waals surface area contributed by atoms with E-state index in [2.05, 4.69) is 15.3 Å². The number of carbonyl (C=O) groups excluding carboxylic acids is 1. The number of nitrogens with zero attached hydrogens (tertiary/aromatic N) is 4. The van der Waals surface area contributed by atoms with Gasteiger partial charge in [0, 0.05) is 43.1 Å². The van der Waals surface area contributed by atoms with Crippen molar-refractivity contribution in [2.45, 2.75) is 44.9 Å². The van der Waals surface area contributed by atoms with Gasteiger partial charge in [-0.15, -0.1) is 0 Å². The molecular weight excluding hydrogens is 487 g/mol. The minimum atomic E-state index is -4.49. The quantitative estimate of drug-likeness (QED) is 0.456. The zero-order valence-corrected chi connectivity index (χ0v) is 20.4. The molecule has 0 aliphatic carbocycles. The Morgan fingerprint density at radius 1 is 1.22 bits per heavy atom. The molecule has 3 aromatic rings. The first-order valence-electron chi connectivity index (χ1n) is 11.8. The number of amides is 1. The highest BCUT2D eigenvalue weighted by molar-refractivity contribution is 5.98. The maximum atomic E-state index is 13.2. The predicted octanol–water partition coefficient (Wildman–Crippen LogP) is 3.68. The summed E-state index contributed by atoms with van der Waals surface area (Å²) in [5.41, 5.74) is 11.4. The second-order valence-electron chi connectivity index (χ2n) is 9.29. The zero-order chi connectivity index (χ0) is 26.9. The number of halogens is 3. The molecule has 0 radical (unpaired) electrons. The van der Waals surface area contributed by atoms with Crippen LogP contribution in [0.5, 0.6) is 0 Å². The van der Waals surface area contributed by atoms with Gasteiger partial charge in [0.15, 0.2) is 0 Å². The van der Waals surface area contributed by atoms with Gasteiger partial charge in [-0.25, -0.2) is 4.98 Å². The van der Waals surface area contributed by atoms with E-state index in [0.29, 0.717) is 30.3 Å². The fourth-order valence-corrected chi connectivity index (χ4v) is 4.23. The Hall–Kier alpha value is -3.93. The van der Waals surface area contributed by atoms with E-state index < -0.39 is 17.6 Å². The number of anilines is 3. The molecule has 0 saturated carbocycles. The second kappa shape index (κ2) is 10.2. The molecule has 1 unspecified atom stereocenters. The molecule has 1 aliphatic rings. The van der Waals surface area contributed by atoms with Gasteiger partial charge in [-0.05, 0) is 50.5 Å². The van der Waals surface area contributed by atoms with Crippen molar-refractivity contribution in [3.63, 3.8) is 0 Å². The number of rotatable bonds is 6. The first-order chi connectivity index (χ1) is 17.4. The number of piperidine rings is 1. The lowest BCUT2D eigenvalue weighted by atomic mass is 10.0. The van der Waals surface area contributed by atoms with Crippen LogP contribution in [0.15, 0.2) is 47.5 Å². The van der Waals surface area contributed by atoms with Gasteiger partial charge in [-0.3, -0.25) is 9.59 Å². The fraction of sp³-hybridized carbons (Fsp3) is 0.360. The average Bonchev–Trinajstić information content (AvgIpc) is 2.84. The average molecular weight is 516 g/mol. The molecule has 3 heterocycles. The molecule has 1 amide bonds. The summed E-state index contributed by atoms with van der Waals surface area (Å²) in [4.78, 5) is 36.0. The van der Waals surface area contributed by atoms with Crippen molar-refractivity contribution >= 4 is 23.4 Å². The number of alkyl halides is 3. The number of hydrogen-bond acceptors (Lipinski definition) is 7. The summed E-state index contributed by atoms with van der Waals surface area (Å²) in [5, 5.41) is 3.06. The number of nitrogens with one attached hydrogen (secondary N) is 1. The maximum absolute atomic E-state index is 13.2. The van der Waals surface area contributed by atoms with Crippen LogP contribution in [0, 0.1) is 0 Å². The van der Waals surface area contributed by atoms with Crippen LogP contribution in [0.25, 0.3) is 11.1 Å². The number of pyridine rings is 1. The van der Waals surface area contributed by atoms with Crippen molar-refractivity contribution in [2.75, 3.05) is 23.3 Å². The Morgan fingerprint density at radius 3 is 2.51 bits per heavy atom. The lowest BCUT2D eigenvalue weighted by molar-refractivity contribution is -0.137. The molecule has 1 saturated heterocycles. The minimum Gasteiger partial charge on any atom is -0.365 e. The van der Waals surface area contributed by atoms with Gasteiger partial charge in [0.2, 0.25) is 5.95 Å². The maximum Gasteiger partial charge on any atom is 0.416 e. The summed E-state index contributed by atoms with van der Waals surface area (Å²) >= 11 is 0. The van der Waals surface area contributed by atoms with Gasteiger partial charge < -0.3 is 26.3 Å². The Bertz CT molecular complexity index is 1350. The Kier molecular flexibility index (Phi) is 7.21. The minimum absolute atomic E-state index is 0.0227. The van der Waals surface area contributed by atoms with Gasteiger partial charge in [-0.1, -0.05) is 12.1 Å². The molecule has 5 N–H and O–H groups in total. The van der Waals surface area contributed by atoms with Crippen LogP contribution in [0.4, 0.5) is 30.6 Å². The second-order valence-corrected chi connectivity index (χ2v) is 9.29. The Balaban J connectivity index is 1.77. The van der Waals surface area contributed by atoms with Crippen molar-refractivity contribution in [3.8, 4) is 11.1 Å². The predicted molar refractivity (Wildman–Crippen MR) is 135 cm³/mol. The van der Waals surface area contributed by atoms with E-state index in [4.69, 9.17) is 11.5 Å². The third kappa shape index (κ3) is 5.74. The van der Waals surface area contributed by atoms with Gasteiger partial charge >= 0.3 is 6.18 Å². The molecule has 1 fully saturated rings. The Morgan fingerprint density at radius 2 is 1.92 bits per heavy atom. The van der Waals surface area contributed by atoms with Crippen LogP contribution in [-0.2, 0) is 6.18 Å². The molecule has 1 aromatic carbocycles. The largest absolute Gasteiger partial charge is 0.416 e. The summed E-state index contributed by atoms with van der Waals surface area (Å²) < 4.78 is 40.5. The number of carbonyl (C=O) groups is 1. The van der Waals surface area contributed by atoms with E-state index in [1.807, 2.05) is 4.90 Å². The molecule has 4 rings (SSSR count). The van der Waals surface area contributed by atoms with E-state index in [0.717, 1.165) is 25.0 Å². The van der Waals surface area contributed by atoms with E-state index >= 15 is 0 Å². The van der Waals surface area contributed by atoms with Crippen LogP contribution >= 0.6 is 0 Å².